The largest absolute Gasteiger partial charge is 0.459 e. The van der Waals surface area contributed by atoms with E-state index in [1.54, 1.807) is 0 Å². The summed E-state index contributed by atoms with van der Waals surface area (Å²) in [4.78, 5) is 24.7. The summed E-state index contributed by atoms with van der Waals surface area (Å²) in [6.07, 6.45) is 2.88. The molecule has 1 unspecified atom stereocenters. The Morgan fingerprint density at radius 3 is 2.23 bits per heavy atom. The molecule has 0 aliphatic heterocycles. The average molecular weight is 363 g/mol. The van der Waals surface area contributed by atoms with Crippen molar-refractivity contribution < 1.29 is 14.3 Å². The zero-order valence-corrected chi connectivity index (χ0v) is 16.7. The number of carbonyl (C=O) groups excluding carboxylic acids is 2. The van der Waals surface area contributed by atoms with Gasteiger partial charge in [-0.15, -0.1) is 0 Å². The van der Waals surface area contributed by atoms with Crippen molar-refractivity contribution in [2.24, 2.45) is 17.7 Å². The molecular formula is C21H34N2O3. The first-order valence-electron chi connectivity index (χ1n) is 9.42. The highest BCUT2D eigenvalue weighted by molar-refractivity contribution is 5.79. The molecule has 1 amide bonds. The highest BCUT2D eigenvalue weighted by Gasteiger charge is 2.27. The van der Waals surface area contributed by atoms with Gasteiger partial charge in [0, 0.05) is 5.92 Å². The molecule has 146 valence electrons. The van der Waals surface area contributed by atoms with Gasteiger partial charge in [0.05, 0.1) is 5.92 Å². The van der Waals surface area contributed by atoms with Crippen LogP contribution >= 0.6 is 0 Å². The molecule has 0 aromatic heterocycles. The summed E-state index contributed by atoms with van der Waals surface area (Å²) < 4.78 is 5.61. The molecule has 26 heavy (non-hydrogen) atoms. The van der Waals surface area contributed by atoms with Gasteiger partial charge in [-0.1, -0.05) is 50.6 Å². The third-order valence-corrected chi connectivity index (χ3v) is 4.21. The lowest BCUT2D eigenvalue weighted by Gasteiger charge is -2.25. The molecule has 0 spiro atoms. The second-order valence-corrected chi connectivity index (χ2v) is 8.26. The summed E-state index contributed by atoms with van der Waals surface area (Å²) >= 11 is 0. The van der Waals surface area contributed by atoms with Crippen molar-refractivity contribution in [3.63, 3.8) is 0 Å². The van der Waals surface area contributed by atoms with Crippen LogP contribution in [0.2, 0.25) is 0 Å². The number of rotatable bonds is 9. The Morgan fingerprint density at radius 2 is 1.73 bits per heavy atom. The number of hydrogen-bond donors (Lipinski definition) is 2. The molecule has 0 aliphatic rings. The molecule has 0 radical (unpaired) electrons. The van der Waals surface area contributed by atoms with Gasteiger partial charge in [0.1, 0.15) is 5.60 Å². The van der Waals surface area contributed by atoms with E-state index < -0.39 is 5.60 Å². The van der Waals surface area contributed by atoms with Crippen molar-refractivity contribution in [1.82, 2.24) is 5.43 Å². The van der Waals surface area contributed by atoms with Crippen LogP contribution in [0.1, 0.15) is 71.8 Å². The molecule has 0 saturated carbocycles. The van der Waals surface area contributed by atoms with E-state index in [9.17, 15) is 9.59 Å². The van der Waals surface area contributed by atoms with Gasteiger partial charge in [-0.25, -0.2) is 5.84 Å². The SMILES string of the molecule is CC(C)C[C@H](CCCC(C(=O)OC(C)(C)C)c1ccccc1)C(=O)NN. The molecule has 1 rings (SSSR count). The summed E-state index contributed by atoms with van der Waals surface area (Å²) in [6.45, 7) is 9.79. The van der Waals surface area contributed by atoms with Gasteiger partial charge in [0.15, 0.2) is 0 Å². The smallest absolute Gasteiger partial charge is 0.313 e. The van der Waals surface area contributed by atoms with Crippen LogP contribution in [0.4, 0.5) is 0 Å². The van der Waals surface area contributed by atoms with Crippen molar-refractivity contribution in [3.8, 4) is 0 Å². The minimum Gasteiger partial charge on any atom is -0.459 e. The number of nitrogens with one attached hydrogen (secondary N) is 1. The fourth-order valence-corrected chi connectivity index (χ4v) is 3.09. The first-order valence-corrected chi connectivity index (χ1v) is 9.42. The number of ether oxygens (including phenoxy) is 1. The number of amides is 1. The van der Waals surface area contributed by atoms with Crippen LogP contribution in [0.5, 0.6) is 0 Å². The standard InChI is InChI=1S/C21H34N2O3/c1-15(2)14-17(19(24)23-22)12-9-13-18(16-10-7-6-8-11-16)20(25)26-21(3,4)5/h6-8,10-11,15,17-18H,9,12-14,22H2,1-5H3,(H,23,24)/t17-,18?/m0/s1. The topological polar surface area (TPSA) is 81.4 Å². The van der Waals surface area contributed by atoms with Gasteiger partial charge in [0.2, 0.25) is 5.91 Å². The van der Waals surface area contributed by atoms with Crippen molar-refractivity contribution in [1.29, 1.82) is 0 Å². The van der Waals surface area contributed by atoms with Gasteiger partial charge in [0.25, 0.3) is 0 Å². The van der Waals surface area contributed by atoms with Crippen molar-refractivity contribution >= 4 is 11.9 Å². The van der Waals surface area contributed by atoms with Gasteiger partial charge in [-0.3, -0.25) is 15.0 Å². The number of hydrogen-bond acceptors (Lipinski definition) is 4. The molecular weight excluding hydrogens is 328 g/mol. The van der Waals surface area contributed by atoms with Crippen molar-refractivity contribution in [3.05, 3.63) is 35.9 Å². The predicted octanol–water partition coefficient (Wildman–Crippen LogP) is 3.93. The zero-order valence-electron chi connectivity index (χ0n) is 16.7. The number of nitrogens with two attached hydrogens (primary N) is 1. The zero-order chi connectivity index (χ0) is 19.7. The first-order chi connectivity index (χ1) is 12.1. The highest BCUT2D eigenvalue weighted by atomic mass is 16.6. The normalized spacial score (nSPS) is 14.0. The number of benzene rings is 1. The van der Waals surface area contributed by atoms with Crippen LogP contribution in [0.25, 0.3) is 0 Å². The highest BCUT2D eigenvalue weighted by Crippen LogP contribution is 2.28. The van der Waals surface area contributed by atoms with Crippen LogP contribution in [0, 0.1) is 11.8 Å². The average Bonchev–Trinajstić information content (AvgIpc) is 2.55. The second-order valence-electron chi connectivity index (χ2n) is 8.26. The lowest BCUT2D eigenvalue weighted by molar-refractivity contribution is -0.157. The molecule has 0 bridgehead atoms. The Hall–Kier alpha value is -1.88. The summed E-state index contributed by atoms with van der Waals surface area (Å²) in [7, 11) is 0. The van der Waals surface area contributed by atoms with Crippen molar-refractivity contribution in [2.75, 3.05) is 0 Å². The van der Waals surface area contributed by atoms with Crippen LogP contribution in [-0.2, 0) is 14.3 Å². The van der Waals surface area contributed by atoms with Crippen LogP contribution in [0.15, 0.2) is 30.3 Å². The van der Waals surface area contributed by atoms with E-state index in [1.165, 1.54) is 0 Å². The Balaban J connectivity index is 2.79. The lowest BCUT2D eigenvalue weighted by Crippen LogP contribution is -2.36. The molecule has 5 nitrogen and oxygen atoms in total. The molecule has 3 N–H and O–H groups in total. The third kappa shape index (κ3) is 8.00. The lowest BCUT2D eigenvalue weighted by atomic mass is 9.88. The quantitative estimate of drug-likeness (QED) is 0.302. The summed E-state index contributed by atoms with van der Waals surface area (Å²) in [6, 6.07) is 9.69. The fourth-order valence-electron chi connectivity index (χ4n) is 3.09. The van der Waals surface area contributed by atoms with E-state index in [1.807, 2.05) is 51.1 Å². The van der Waals surface area contributed by atoms with E-state index in [-0.39, 0.29) is 23.7 Å². The maximum atomic E-state index is 12.7. The molecule has 2 atom stereocenters. The third-order valence-electron chi connectivity index (χ3n) is 4.21. The van der Waals surface area contributed by atoms with Crippen LogP contribution < -0.4 is 11.3 Å². The number of hydrazine groups is 1. The Morgan fingerprint density at radius 1 is 1.12 bits per heavy atom. The number of carbonyl (C=O) groups is 2. The van der Waals surface area contributed by atoms with Crippen LogP contribution in [0.3, 0.4) is 0 Å². The van der Waals surface area contributed by atoms with Crippen LogP contribution in [-0.4, -0.2) is 17.5 Å². The van der Waals surface area contributed by atoms with E-state index in [0.717, 1.165) is 18.4 Å². The predicted molar refractivity (Wildman–Crippen MR) is 104 cm³/mol. The molecule has 1 aromatic rings. The van der Waals surface area contributed by atoms with Gasteiger partial charge in [-0.2, -0.15) is 0 Å². The van der Waals surface area contributed by atoms with E-state index in [4.69, 9.17) is 10.6 Å². The monoisotopic (exact) mass is 362 g/mol. The first kappa shape index (κ1) is 22.2. The van der Waals surface area contributed by atoms with E-state index in [2.05, 4.69) is 19.3 Å². The molecule has 1 aromatic carbocycles. The summed E-state index contributed by atoms with van der Waals surface area (Å²) in [5, 5.41) is 0. The van der Waals surface area contributed by atoms with Gasteiger partial charge >= 0.3 is 5.97 Å². The molecule has 0 heterocycles. The van der Waals surface area contributed by atoms with E-state index >= 15 is 0 Å². The van der Waals surface area contributed by atoms with E-state index in [0.29, 0.717) is 18.8 Å². The molecule has 0 saturated heterocycles. The molecule has 0 aliphatic carbocycles. The fraction of sp³-hybridized carbons (Fsp3) is 0.619. The second kappa shape index (κ2) is 10.3. The minimum absolute atomic E-state index is 0.130. The minimum atomic E-state index is -0.524. The summed E-state index contributed by atoms with van der Waals surface area (Å²) in [5.74, 6) is 4.93. The van der Waals surface area contributed by atoms with Gasteiger partial charge < -0.3 is 4.74 Å². The number of esters is 1. The Bertz CT molecular complexity index is 564. The summed E-state index contributed by atoms with van der Waals surface area (Å²) in [5.41, 5.74) is 2.69. The molecule has 5 heteroatoms. The Kier molecular flexibility index (Phi) is 8.79. The maximum absolute atomic E-state index is 12.7. The Labute approximate surface area is 157 Å². The van der Waals surface area contributed by atoms with Gasteiger partial charge in [-0.05, 0) is 51.5 Å². The molecule has 0 fully saturated rings. The maximum Gasteiger partial charge on any atom is 0.313 e. The van der Waals surface area contributed by atoms with Crippen molar-refractivity contribution in [2.45, 2.75) is 71.8 Å².